The Bertz CT molecular complexity index is 681. The van der Waals surface area contributed by atoms with Gasteiger partial charge in [0.2, 0.25) is 0 Å². The van der Waals surface area contributed by atoms with Gasteiger partial charge >= 0.3 is 6.18 Å². The summed E-state index contributed by atoms with van der Waals surface area (Å²) in [6.07, 6.45) is -1.36. The monoisotopic (exact) mass is 316 g/mol. The molecule has 0 amide bonds. The van der Waals surface area contributed by atoms with Gasteiger partial charge in [-0.15, -0.1) is 0 Å². The lowest BCUT2D eigenvalue weighted by Crippen LogP contribution is -2.20. The number of rotatable bonds is 3. The van der Waals surface area contributed by atoms with Crippen LogP contribution in [0.1, 0.15) is 11.1 Å². The second-order valence-electron chi connectivity index (χ2n) is 4.11. The van der Waals surface area contributed by atoms with Gasteiger partial charge in [-0.2, -0.15) is 13.2 Å². The van der Waals surface area contributed by atoms with Crippen LogP contribution in [0, 0.1) is 0 Å². The number of nitrogens with two attached hydrogens (primary N) is 1. The Labute approximate surface area is 122 Å². The molecule has 2 rings (SSSR count). The summed E-state index contributed by atoms with van der Waals surface area (Å²) in [4.78, 5) is 4.39. The average molecular weight is 316 g/mol. The topological polar surface area (TPSA) is 76.4 Å². The second kappa shape index (κ2) is 5.68. The van der Waals surface area contributed by atoms with E-state index in [1.807, 2.05) is 0 Å². The van der Waals surface area contributed by atoms with Gasteiger partial charge in [-0.05, 0) is 18.2 Å². The number of nitrogens with zero attached hydrogens (tertiary/aromatic N) is 3. The van der Waals surface area contributed by atoms with Crippen molar-refractivity contribution >= 4 is 17.6 Å². The highest BCUT2D eigenvalue weighted by Crippen LogP contribution is 2.36. The smallest absolute Gasteiger partial charge is 0.409 e. The molecule has 3 N–H and O–H groups in total. The zero-order valence-corrected chi connectivity index (χ0v) is 11.6. The molecule has 0 aliphatic heterocycles. The summed E-state index contributed by atoms with van der Waals surface area (Å²) >= 11 is 1.09. The summed E-state index contributed by atoms with van der Waals surface area (Å²) in [6.45, 7) is 0. The van der Waals surface area contributed by atoms with Gasteiger partial charge in [0.05, 0.1) is 5.56 Å². The quantitative estimate of drug-likeness (QED) is 0.395. The van der Waals surface area contributed by atoms with E-state index < -0.39 is 17.6 Å². The molecule has 5 nitrogen and oxygen atoms in total. The third-order valence-electron chi connectivity index (χ3n) is 2.67. The highest BCUT2D eigenvalue weighted by molar-refractivity contribution is 7.99. The van der Waals surface area contributed by atoms with E-state index >= 15 is 0 Å². The molecule has 2 aromatic rings. The molecule has 21 heavy (non-hydrogen) atoms. The molecule has 0 spiro atoms. The second-order valence-corrected chi connectivity index (χ2v) is 5.15. The summed E-state index contributed by atoms with van der Waals surface area (Å²) in [7, 11) is 1.74. The summed E-state index contributed by atoms with van der Waals surface area (Å²) in [5.41, 5.74) is 3.95. The van der Waals surface area contributed by atoms with E-state index in [2.05, 4.69) is 10.1 Å². The van der Waals surface area contributed by atoms with Crippen LogP contribution < -0.4 is 5.73 Å². The van der Waals surface area contributed by atoms with Crippen molar-refractivity contribution in [3.63, 3.8) is 0 Å². The minimum atomic E-state index is -4.61. The summed E-state index contributed by atoms with van der Waals surface area (Å²) in [5.74, 6) is -0.587. The Kier molecular flexibility index (Phi) is 4.12. The number of halogens is 3. The van der Waals surface area contributed by atoms with Crippen molar-refractivity contribution in [3.05, 3.63) is 41.7 Å². The third kappa shape index (κ3) is 3.30. The molecule has 1 heterocycles. The van der Waals surface area contributed by atoms with Crippen LogP contribution in [0.3, 0.4) is 0 Å². The molecule has 1 aromatic carbocycles. The van der Waals surface area contributed by atoms with E-state index in [1.165, 1.54) is 12.1 Å². The normalized spacial score (nSPS) is 12.7. The molecule has 0 bridgehead atoms. The third-order valence-corrected chi connectivity index (χ3v) is 3.73. The van der Waals surface area contributed by atoms with Gasteiger partial charge in [0.1, 0.15) is 0 Å². The summed E-state index contributed by atoms with van der Waals surface area (Å²) in [5, 5.41) is 11.7. The number of imidazole rings is 1. The van der Waals surface area contributed by atoms with Gasteiger partial charge in [0.15, 0.2) is 11.0 Å². The van der Waals surface area contributed by atoms with Gasteiger partial charge in [0.25, 0.3) is 0 Å². The van der Waals surface area contributed by atoms with Crippen LogP contribution in [-0.2, 0) is 13.2 Å². The number of amidine groups is 1. The van der Waals surface area contributed by atoms with Gasteiger partial charge in [-0.1, -0.05) is 16.9 Å². The standard InChI is InChI=1S/C12H11F3N4OS/c1-19-5-4-17-11(19)21-7-2-3-8(10(16)18-20)9(6-7)12(13,14)15/h2-6,20H,1H3,(H2,16,18). The maximum absolute atomic E-state index is 13.1. The van der Waals surface area contributed by atoms with E-state index in [9.17, 15) is 13.2 Å². The first-order chi connectivity index (χ1) is 9.82. The van der Waals surface area contributed by atoms with Crippen molar-refractivity contribution in [2.24, 2.45) is 17.9 Å². The number of hydrogen-bond acceptors (Lipinski definition) is 4. The van der Waals surface area contributed by atoms with Crippen LogP contribution in [0.5, 0.6) is 0 Å². The number of oxime groups is 1. The predicted octanol–water partition coefficient (Wildman–Crippen LogP) is 2.68. The predicted molar refractivity (Wildman–Crippen MR) is 71.3 cm³/mol. The van der Waals surface area contributed by atoms with Gasteiger partial charge in [-0.25, -0.2) is 4.98 Å². The molecule has 1 aromatic heterocycles. The van der Waals surface area contributed by atoms with Crippen LogP contribution in [0.25, 0.3) is 0 Å². The lowest BCUT2D eigenvalue weighted by atomic mass is 10.1. The fourth-order valence-corrected chi connectivity index (χ4v) is 2.50. The highest BCUT2D eigenvalue weighted by atomic mass is 32.2. The fraction of sp³-hybridized carbons (Fsp3) is 0.167. The summed E-state index contributed by atoms with van der Waals surface area (Å²) in [6, 6.07) is 3.58. The minimum absolute atomic E-state index is 0.353. The number of alkyl halides is 3. The highest BCUT2D eigenvalue weighted by Gasteiger charge is 2.34. The molecular weight excluding hydrogens is 305 g/mol. The van der Waals surface area contributed by atoms with E-state index in [4.69, 9.17) is 10.9 Å². The maximum Gasteiger partial charge on any atom is 0.417 e. The molecule has 0 saturated heterocycles. The number of aromatic nitrogens is 2. The van der Waals surface area contributed by atoms with Crippen molar-refractivity contribution in [2.45, 2.75) is 16.2 Å². The lowest BCUT2D eigenvalue weighted by Gasteiger charge is -2.13. The van der Waals surface area contributed by atoms with E-state index in [1.54, 1.807) is 24.0 Å². The largest absolute Gasteiger partial charge is 0.417 e. The molecule has 0 unspecified atom stereocenters. The number of benzene rings is 1. The van der Waals surface area contributed by atoms with Gasteiger partial charge in [-0.3, -0.25) is 0 Å². The van der Waals surface area contributed by atoms with Gasteiger partial charge in [0, 0.05) is 29.9 Å². The first-order valence-corrected chi connectivity index (χ1v) is 6.49. The first kappa shape index (κ1) is 15.2. The molecule has 0 fully saturated rings. The molecule has 0 saturated carbocycles. The molecular formula is C12H11F3N4OS. The van der Waals surface area contributed by atoms with Crippen molar-refractivity contribution in [3.8, 4) is 0 Å². The fourth-order valence-electron chi connectivity index (χ4n) is 1.65. The molecule has 0 atom stereocenters. The molecule has 112 valence electrons. The SMILES string of the molecule is Cn1ccnc1Sc1ccc(/C(N)=N/O)c(C(F)(F)F)c1. The molecule has 0 aliphatic rings. The van der Waals surface area contributed by atoms with Crippen molar-refractivity contribution < 1.29 is 18.4 Å². The average Bonchev–Trinajstić information content (AvgIpc) is 2.82. The van der Waals surface area contributed by atoms with E-state index in [0.717, 1.165) is 17.8 Å². The van der Waals surface area contributed by atoms with Crippen LogP contribution >= 0.6 is 11.8 Å². The zero-order chi connectivity index (χ0) is 15.6. The maximum atomic E-state index is 13.1. The van der Waals surface area contributed by atoms with Crippen molar-refractivity contribution in [2.75, 3.05) is 0 Å². The van der Waals surface area contributed by atoms with Crippen LogP contribution in [0.4, 0.5) is 13.2 Å². The Morgan fingerprint density at radius 2 is 2.14 bits per heavy atom. The Morgan fingerprint density at radius 1 is 1.43 bits per heavy atom. The molecule has 9 heteroatoms. The molecule has 0 radical (unpaired) electrons. The Hall–Kier alpha value is -2.16. The van der Waals surface area contributed by atoms with E-state index in [0.29, 0.717) is 10.1 Å². The van der Waals surface area contributed by atoms with Gasteiger partial charge < -0.3 is 15.5 Å². The van der Waals surface area contributed by atoms with Crippen LogP contribution in [-0.4, -0.2) is 20.6 Å². The van der Waals surface area contributed by atoms with Crippen LogP contribution in [0.2, 0.25) is 0 Å². The minimum Gasteiger partial charge on any atom is -0.409 e. The number of aryl methyl sites for hydroxylation is 1. The zero-order valence-electron chi connectivity index (χ0n) is 10.8. The Balaban J connectivity index is 2.45. The van der Waals surface area contributed by atoms with E-state index in [-0.39, 0.29) is 5.56 Å². The first-order valence-electron chi connectivity index (χ1n) is 5.67. The lowest BCUT2D eigenvalue weighted by molar-refractivity contribution is -0.137. The Morgan fingerprint density at radius 3 is 2.67 bits per heavy atom. The number of hydrogen-bond donors (Lipinski definition) is 2. The molecule has 0 aliphatic carbocycles. The van der Waals surface area contributed by atoms with Crippen LogP contribution in [0.15, 0.2) is 45.8 Å². The van der Waals surface area contributed by atoms with Crippen molar-refractivity contribution in [1.29, 1.82) is 0 Å². The summed E-state index contributed by atoms with van der Waals surface area (Å²) < 4.78 is 40.9. The van der Waals surface area contributed by atoms with Crippen molar-refractivity contribution in [1.82, 2.24) is 9.55 Å².